The van der Waals surface area contributed by atoms with Gasteiger partial charge in [-0.1, -0.05) is 6.07 Å². The molecule has 4 rings (SSSR count). The Hall–Kier alpha value is -0.910. The number of hydrogen-bond acceptors (Lipinski definition) is 4. The molecule has 4 nitrogen and oxygen atoms in total. The van der Waals surface area contributed by atoms with Crippen molar-refractivity contribution in [1.29, 1.82) is 0 Å². The van der Waals surface area contributed by atoms with Crippen LogP contribution in [0.15, 0.2) is 17.5 Å². The van der Waals surface area contributed by atoms with Crippen molar-refractivity contribution in [2.45, 2.75) is 32.2 Å². The lowest BCUT2D eigenvalue weighted by atomic mass is 9.71. The normalized spacial score (nSPS) is 27.3. The molecule has 132 valence electrons. The summed E-state index contributed by atoms with van der Waals surface area (Å²) in [7, 11) is 1.73. The molecule has 0 unspecified atom stereocenters. The Morgan fingerprint density at radius 2 is 2.12 bits per heavy atom. The van der Waals surface area contributed by atoms with Crippen molar-refractivity contribution in [3.05, 3.63) is 22.4 Å². The van der Waals surface area contributed by atoms with Crippen LogP contribution in [0.5, 0.6) is 0 Å². The zero-order valence-corrected chi connectivity index (χ0v) is 15.4. The van der Waals surface area contributed by atoms with E-state index in [2.05, 4.69) is 27.3 Å². The van der Waals surface area contributed by atoms with E-state index >= 15 is 0 Å². The lowest BCUT2D eigenvalue weighted by Gasteiger charge is -2.41. The second-order valence-electron chi connectivity index (χ2n) is 7.89. The predicted octanol–water partition coefficient (Wildman–Crippen LogP) is 2.85. The zero-order valence-electron chi connectivity index (χ0n) is 14.6. The summed E-state index contributed by atoms with van der Waals surface area (Å²) in [4.78, 5) is 19.1. The number of rotatable bonds is 6. The van der Waals surface area contributed by atoms with Crippen molar-refractivity contribution in [2.24, 2.45) is 17.3 Å². The van der Waals surface area contributed by atoms with Gasteiger partial charge < -0.3 is 9.64 Å². The highest BCUT2D eigenvalue weighted by Gasteiger charge is 2.53. The first-order valence-electron chi connectivity index (χ1n) is 9.23. The van der Waals surface area contributed by atoms with Gasteiger partial charge in [0.05, 0.1) is 12.5 Å². The van der Waals surface area contributed by atoms with E-state index in [9.17, 15) is 4.79 Å². The molecule has 3 fully saturated rings. The fourth-order valence-corrected chi connectivity index (χ4v) is 5.26. The molecular formula is C19H28N2O2S. The largest absolute Gasteiger partial charge is 0.384 e. The minimum atomic E-state index is 0.0742. The van der Waals surface area contributed by atoms with Gasteiger partial charge in [-0.05, 0) is 56.1 Å². The molecule has 1 atom stereocenters. The quantitative estimate of drug-likeness (QED) is 0.792. The Kier molecular flexibility index (Phi) is 4.67. The van der Waals surface area contributed by atoms with Gasteiger partial charge in [0.25, 0.3) is 0 Å². The average Bonchev–Trinajstić information content (AvgIpc) is 3.19. The smallest absolute Gasteiger partial charge is 0.228 e. The summed E-state index contributed by atoms with van der Waals surface area (Å²) in [5, 5.41) is 2.15. The highest BCUT2D eigenvalue weighted by atomic mass is 32.1. The average molecular weight is 349 g/mol. The van der Waals surface area contributed by atoms with E-state index in [0.717, 1.165) is 51.5 Å². The summed E-state index contributed by atoms with van der Waals surface area (Å²) < 4.78 is 5.45. The molecule has 1 saturated carbocycles. The van der Waals surface area contributed by atoms with Gasteiger partial charge in [-0.15, -0.1) is 11.3 Å². The number of carbonyl (C=O) groups excluding carboxylic acids is 1. The van der Waals surface area contributed by atoms with Crippen LogP contribution in [0, 0.1) is 17.3 Å². The van der Waals surface area contributed by atoms with E-state index in [1.807, 2.05) is 11.3 Å². The standard InChI is InChI=1S/C19H28N2O2S/c1-23-13-17-18(22)21(11-15-4-5-15)14-19(17)6-8-20(9-7-19)12-16-3-2-10-24-16/h2-3,10,15,17H,4-9,11-14H2,1H3/t17-/m1/s1. The second kappa shape index (κ2) is 6.77. The summed E-state index contributed by atoms with van der Waals surface area (Å²) in [6.45, 7) is 5.79. The Morgan fingerprint density at radius 1 is 1.33 bits per heavy atom. The molecule has 3 aliphatic rings. The molecule has 24 heavy (non-hydrogen) atoms. The number of nitrogens with zero attached hydrogens (tertiary/aromatic N) is 2. The summed E-state index contributed by atoms with van der Waals surface area (Å²) >= 11 is 1.84. The van der Waals surface area contributed by atoms with E-state index in [1.54, 1.807) is 7.11 Å². The molecule has 0 N–H and O–H groups in total. The van der Waals surface area contributed by atoms with E-state index < -0.39 is 0 Å². The number of methoxy groups -OCH3 is 1. The monoisotopic (exact) mass is 348 g/mol. The first kappa shape index (κ1) is 16.6. The van der Waals surface area contributed by atoms with Crippen LogP contribution in [-0.4, -0.2) is 55.6 Å². The predicted molar refractivity (Wildman–Crippen MR) is 95.9 cm³/mol. The summed E-state index contributed by atoms with van der Waals surface area (Å²) in [6, 6.07) is 4.35. The Bertz CT molecular complexity index is 562. The summed E-state index contributed by atoms with van der Waals surface area (Å²) in [6.07, 6.45) is 4.86. The molecule has 1 aromatic heterocycles. The van der Waals surface area contributed by atoms with Gasteiger partial charge in [0.15, 0.2) is 0 Å². The van der Waals surface area contributed by atoms with Crippen LogP contribution >= 0.6 is 11.3 Å². The number of likely N-dealkylation sites (tertiary alicyclic amines) is 2. The number of thiophene rings is 1. The Balaban J connectivity index is 1.41. The van der Waals surface area contributed by atoms with Gasteiger partial charge in [0.2, 0.25) is 5.91 Å². The van der Waals surface area contributed by atoms with Crippen molar-refractivity contribution in [3.63, 3.8) is 0 Å². The zero-order chi connectivity index (χ0) is 16.6. The number of carbonyl (C=O) groups is 1. The number of amides is 1. The summed E-state index contributed by atoms with van der Waals surface area (Å²) in [5.74, 6) is 1.20. The highest BCUT2D eigenvalue weighted by Crippen LogP contribution is 2.47. The van der Waals surface area contributed by atoms with Crippen LogP contribution in [0.4, 0.5) is 0 Å². The van der Waals surface area contributed by atoms with Crippen LogP contribution in [0.1, 0.15) is 30.6 Å². The van der Waals surface area contributed by atoms with Crippen molar-refractivity contribution < 1.29 is 9.53 Å². The Labute approximate surface area is 148 Å². The maximum absolute atomic E-state index is 12.9. The van der Waals surface area contributed by atoms with Gasteiger partial charge in [-0.25, -0.2) is 0 Å². The fourth-order valence-electron chi connectivity index (χ4n) is 4.52. The lowest BCUT2D eigenvalue weighted by Crippen LogP contribution is -2.45. The maximum atomic E-state index is 12.9. The molecule has 3 heterocycles. The first-order valence-corrected chi connectivity index (χ1v) is 10.1. The maximum Gasteiger partial charge on any atom is 0.228 e. The SMILES string of the molecule is COC[C@@H]1C(=O)N(CC2CC2)CC12CCN(Cc1cccs1)CC2. The fraction of sp³-hybridized carbons (Fsp3) is 0.737. The molecule has 5 heteroatoms. The molecule has 0 radical (unpaired) electrons. The first-order chi connectivity index (χ1) is 11.7. The van der Waals surface area contributed by atoms with Crippen LogP contribution in [0.25, 0.3) is 0 Å². The molecule has 2 aliphatic heterocycles. The minimum absolute atomic E-state index is 0.0742. The van der Waals surface area contributed by atoms with E-state index in [-0.39, 0.29) is 11.3 Å². The number of piperidine rings is 1. The van der Waals surface area contributed by atoms with E-state index in [4.69, 9.17) is 4.74 Å². The van der Waals surface area contributed by atoms with Gasteiger partial charge in [-0.2, -0.15) is 0 Å². The van der Waals surface area contributed by atoms with Gasteiger partial charge in [0.1, 0.15) is 0 Å². The van der Waals surface area contributed by atoms with Crippen LogP contribution in [0.2, 0.25) is 0 Å². The molecule has 2 saturated heterocycles. The lowest BCUT2D eigenvalue weighted by molar-refractivity contribution is -0.133. The van der Waals surface area contributed by atoms with Crippen LogP contribution in [-0.2, 0) is 16.1 Å². The molecule has 1 amide bonds. The summed E-state index contributed by atoms with van der Waals surface area (Å²) in [5.41, 5.74) is 0.147. The number of hydrogen-bond donors (Lipinski definition) is 0. The van der Waals surface area contributed by atoms with Gasteiger partial charge >= 0.3 is 0 Å². The minimum Gasteiger partial charge on any atom is -0.384 e. The topological polar surface area (TPSA) is 32.8 Å². The second-order valence-corrected chi connectivity index (χ2v) is 8.92. The Morgan fingerprint density at radius 3 is 2.75 bits per heavy atom. The van der Waals surface area contributed by atoms with Crippen molar-refractivity contribution in [1.82, 2.24) is 9.80 Å². The van der Waals surface area contributed by atoms with Crippen LogP contribution in [0.3, 0.4) is 0 Å². The molecule has 0 bridgehead atoms. The van der Waals surface area contributed by atoms with Crippen molar-refractivity contribution in [3.8, 4) is 0 Å². The molecule has 1 aliphatic carbocycles. The molecule has 0 aromatic carbocycles. The number of ether oxygens (including phenoxy) is 1. The highest BCUT2D eigenvalue weighted by molar-refractivity contribution is 7.09. The third-order valence-electron chi connectivity index (χ3n) is 6.17. The van der Waals surface area contributed by atoms with Gasteiger partial charge in [0, 0.05) is 37.0 Å². The van der Waals surface area contributed by atoms with Crippen molar-refractivity contribution in [2.75, 3.05) is 39.9 Å². The van der Waals surface area contributed by atoms with Gasteiger partial charge in [-0.3, -0.25) is 9.69 Å². The molecule has 1 aromatic rings. The molecule has 1 spiro atoms. The third kappa shape index (κ3) is 3.26. The van der Waals surface area contributed by atoms with E-state index in [1.165, 1.54) is 17.7 Å². The molecular weight excluding hydrogens is 320 g/mol. The van der Waals surface area contributed by atoms with Crippen LogP contribution < -0.4 is 0 Å². The van der Waals surface area contributed by atoms with Crippen molar-refractivity contribution >= 4 is 17.2 Å². The van der Waals surface area contributed by atoms with E-state index in [0.29, 0.717) is 12.5 Å². The third-order valence-corrected chi connectivity index (χ3v) is 7.04.